The van der Waals surface area contributed by atoms with E-state index in [0.29, 0.717) is 18.6 Å². The highest BCUT2D eigenvalue weighted by Gasteiger charge is 2.41. The van der Waals surface area contributed by atoms with Crippen molar-refractivity contribution in [3.63, 3.8) is 0 Å². The first-order valence-corrected chi connectivity index (χ1v) is 14.3. The lowest BCUT2D eigenvalue weighted by Gasteiger charge is -2.42. The average Bonchev–Trinajstić information content (AvgIpc) is 2.96. The second-order valence-corrected chi connectivity index (χ2v) is 11.0. The lowest BCUT2D eigenvalue weighted by molar-refractivity contribution is -0.132. The molecule has 1 aliphatic heterocycles. The Labute approximate surface area is 233 Å². The third-order valence-electron chi connectivity index (χ3n) is 8.37. The van der Waals surface area contributed by atoms with E-state index < -0.39 is 11.7 Å². The summed E-state index contributed by atoms with van der Waals surface area (Å²) >= 11 is 0. The molecule has 1 unspecified atom stereocenters. The number of carbonyl (C=O) groups excluding carboxylic acids is 1. The van der Waals surface area contributed by atoms with Crippen LogP contribution in [0.25, 0.3) is 0 Å². The van der Waals surface area contributed by atoms with E-state index in [0.717, 1.165) is 73.1 Å². The van der Waals surface area contributed by atoms with Gasteiger partial charge in [-0.1, -0.05) is 72.8 Å². The van der Waals surface area contributed by atoms with Crippen LogP contribution >= 0.6 is 0 Å². The van der Waals surface area contributed by atoms with Crippen molar-refractivity contribution in [2.24, 2.45) is 5.92 Å². The number of hydrogen-bond donors (Lipinski definition) is 2. The zero-order chi connectivity index (χ0) is 27.8. The van der Waals surface area contributed by atoms with Crippen LogP contribution in [0.15, 0.2) is 72.8 Å². The summed E-state index contributed by atoms with van der Waals surface area (Å²) in [5, 5.41) is 22.8. The average molecular weight is 530 g/mol. The molecule has 1 atom stereocenters. The van der Waals surface area contributed by atoms with Crippen LogP contribution in [0, 0.1) is 19.8 Å². The summed E-state index contributed by atoms with van der Waals surface area (Å²) in [5.74, 6) is 0.470. The normalized spacial score (nSPS) is 15.7. The first-order chi connectivity index (χ1) is 18.8. The molecule has 0 spiro atoms. The molecule has 5 nitrogen and oxygen atoms in total. The predicted molar refractivity (Wildman–Crippen MR) is 156 cm³/mol. The molecule has 2 N–H and O–H groups in total. The molecule has 0 radical (unpaired) electrons. The molecule has 208 valence electrons. The number of nitrogens with zero attached hydrogens (tertiary/aromatic N) is 1. The molecular formula is C34H43NO4. The summed E-state index contributed by atoms with van der Waals surface area (Å²) in [6.07, 6.45) is 4.44. The van der Waals surface area contributed by atoms with Gasteiger partial charge in [0, 0.05) is 6.92 Å². The van der Waals surface area contributed by atoms with Gasteiger partial charge in [-0.15, -0.1) is 0 Å². The van der Waals surface area contributed by atoms with E-state index >= 15 is 0 Å². The number of aliphatic hydroxyl groups excluding tert-OH is 1. The van der Waals surface area contributed by atoms with Gasteiger partial charge in [-0.2, -0.15) is 0 Å². The van der Waals surface area contributed by atoms with Crippen LogP contribution in [-0.4, -0.2) is 46.8 Å². The Hall–Kier alpha value is -2.99. The maximum Gasteiger partial charge on any atom is 0.308 e. The van der Waals surface area contributed by atoms with Crippen LogP contribution in [-0.2, 0) is 16.8 Å². The van der Waals surface area contributed by atoms with Gasteiger partial charge in [0.1, 0.15) is 11.4 Å². The quantitative estimate of drug-likeness (QED) is 0.237. The molecule has 1 fully saturated rings. The number of esters is 1. The van der Waals surface area contributed by atoms with Crippen molar-refractivity contribution in [2.45, 2.75) is 71.0 Å². The topological polar surface area (TPSA) is 70.0 Å². The molecule has 0 aromatic heterocycles. The SMILES string of the molecule is CC(=O)Oc1c(CCC(O)CCCN2CCC(C(O)(c3ccccc3)c3ccccc3)CC2)ccc(C)c1C. The van der Waals surface area contributed by atoms with Crippen molar-refractivity contribution in [2.75, 3.05) is 19.6 Å². The maximum absolute atomic E-state index is 12.1. The minimum absolute atomic E-state index is 0.147. The van der Waals surface area contributed by atoms with E-state index in [1.54, 1.807) is 0 Å². The van der Waals surface area contributed by atoms with E-state index in [1.165, 1.54) is 6.92 Å². The zero-order valence-electron chi connectivity index (χ0n) is 23.6. The van der Waals surface area contributed by atoms with E-state index in [9.17, 15) is 15.0 Å². The van der Waals surface area contributed by atoms with E-state index in [2.05, 4.69) is 4.90 Å². The second kappa shape index (κ2) is 13.4. The third kappa shape index (κ3) is 7.16. The number of rotatable bonds is 11. The lowest BCUT2D eigenvalue weighted by Crippen LogP contribution is -2.44. The number of benzene rings is 3. The van der Waals surface area contributed by atoms with Crippen molar-refractivity contribution in [3.05, 3.63) is 101 Å². The number of hydrogen-bond acceptors (Lipinski definition) is 5. The predicted octanol–water partition coefficient (Wildman–Crippen LogP) is 5.95. The monoisotopic (exact) mass is 529 g/mol. The Morgan fingerprint density at radius 3 is 2.10 bits per heavy atom. The summed E-state index contributed by atoms with van der Waals surface area (Å²) in [7, 11) is 0. The molecule has 1 aliphatic rings. The fourth-order valence-electron chi connectivity index (χ4n) is 5.94. The first kappa shape index (κ1) is 29.0. The molecular weight excluding hydrogens is 486 g/mol. The molecule has 0 aliphatic carbocycles. The van der Waals surface area contributed by atoms with Crippen LogP contribution in [0.2, 0.25) is 0 Å². The van der Waals surface area contributed by atoms with Crippen molar-refractivity contribution in [1.82, 2.24) is 4.90 Å². The number of aliphatic hydroxyl groups is 2. The summed E-state index contributed by atoms with van der Waals surface area (Å²) < 4.78 is 5.49. The van der Waals surface area contributed by atoms with E-state index in [-0.39, 0.29) is 11.9 Å². The van der Waals surface area contributed by atoms with Gasteiger partial charge in [-0.25, -0.2) is 0 Å². The standard InChI is InChI=1S/C34H43NO4/c1-25-16-17-28(33(26(25)2)39-27(3)36)18-19-32(37)15-10-22-35-23-20-31(21-24-35)34(38,29-11-6-4-7-12-29)30-13-8-5-9-14-30/h4-9,11-14,16-17,31-32,37-38H,10,15,18-24H2,1-3H3. The fraction of sp³-hybridized carbons (Fsp3) is 0.441. The van der Waals surface area contributed by atoms with E-state index in [4.69, 9.17) is 4.74 Å². The van der Waals surface area contributed by atoms with Crippen LogP contribution < -0.4 is 4.74 Å². The molecule has 3 aromatic rings. The van der Waals surface area contributed by atoms with Gasteiger partial charge in [0.25, 0.3) is 0 Å². The number of piperidine rings is 1. The van der Waals surface area contributed by atoms with E-state index in [1.807, 2.05) is 86.6 Å². The number of likely N-dealkylation sites (tertiary alicyclic amines) is 1. The Balaban J connectivity index is 1.27. The number of carbonyl (C=O) groups is 1. The molecule has 1 heterocycles. The largest absolute Gasteiger partial charge is 0.426 e. The van der Waals surface area contributed by atoms with Crippen LogP contribution in [0.4, 0.5) is 0 Å². The maximum atomic E-state index is 12.1. The van der Waals surface area contributed by atoms with Crippen molar-refractivity contribution < 1.29 is 19.7 Å². The van der Waals surface area contributed by atoms with Crippen LogP contribution in [0.1, 0.15) is 66.8 Å². The van der Waals surface area contributed by atoms with Gasteiger partial charge in [-0.05, 0) is 106 Å². The molecule has 4 rings (SSSR count). The van der Waals surface area contributed by atoms with Gasteiger partial charge < -0.3 is 19.8 Å². The molecule has 39 heavy (non-hydrogen) atoms. The Morgan fingerprint density at radius 1 is 0.949 bits per heavy atom. The van der Waals surface area contributed by atoms with Crippen molar-refractivity contribution >= 4 is 5.97 Å². The molecule has 0 saturated carbocycles. The summed E-state index contributed by atoms with van der Waals surface area (Å²) in [4.78, 5) is 14.0. The Morgan fingerprint density at radius 2 is 1.54 bits per heavy atom. The lowest BCUT2D eigenvalue weighted by atomic mass is 9.72. The molecule has 0 amide bonds. The summed E-state index contributed by atoms with van der Waals surface area (Å²) in [6, 6.07) is 24.2. The van der Waals surface area contributed by atoms with Gasteiger partial charge >= 0.3 is 5.97 Å². The van der Waals surface area contributed by atoms with Crippen molar-refractivity contribution in [1.29, 1.82) is 0 Å². The Bertz CT molecular complexity index is 1160. The zero-order valence-corrected chi connectivity index (χ0v) is 23.6. The van der Waals surface area contributed by atoms with Gasteiger partial charge in [0.15, 0.2) is 0 Å². The highest BCUT2D eigenvalue weighted by molar-refractivity contribution is 5.70. The molecule has 5 heteroatoms. The third-order valence-corrected chi connectivity index (χ3v) is 8.37. The second-order valence-electron chi connectivity index (χ2n) is 11.0. The van der Waals surface area contributed by atoms with Crippen molar-refractivity contribution in [3.8, 4) is 5.75 Å². The number of aryl methyl sites for hydroxylation is 2. The van der Waals surface area contributed by atoms with Crippen LogP contribution in [0.3, 0.4) is 0 Å². The van der Waals surface area contributed by atoms with Gasteiger partial charge in [-0.3, -0.25) is 4.79 Å². The Kier molecular flexibility index (Phi) is 9.95. The number of ether oxygens (including phenoxy) is 1. The van der Waals surface area contributed by atoms with Gasteiger partial charge in [0.05, 0.1) is 6.10 Å². The summed E-state index contributed by atoms with van der Waals surface area (Å²) in [5.41, 5.74) is 3.96. The highest BCUT2D eigenvalue weighted by atomic mass is 16.5. The first-order valence-electron chi connectivity index (χ1n) is 14.3. The van der Waals surface area contributed by atoms with Gasteiger partial charge in [0.2, 0.25) is 0 Å². The molecule has 0 bridgehead atoms. The minimum Gasteiger partial charge on any atom is -0.426 e. The highest BCUT2D eigenvalue weighted by Crippen LogP contribution is 2.42. The minimum atomic E-state index is -0.996. The fourth-order valence-corrected chi connectivity index (χ4v) is 5.94. The molecule has 3 aromatic carbocycles. The summed E-state index contributed by atoms with van der Waals surface area (Å²) in [6.45, 7) is 8.23. The van der Waals surface area contributed by atoms with Crippen LogP contribution in [0.5, 0.6) is 5.75 Å². The molecule has 1 saturated heterocycles. The smallest absolute Gasteiger partial charge is 0.308 e.